The highest BCUT2D eigenvalue weighted by Gasteiger charge is 2.23. The first-order valence-electron chi connectivity index (χ1n) is 6.77. The van der Waals surface area contributed by atoms with Gasteiger partial charge >= 0.3 is 0 Å². The first kappa shape index (κ1) is 16.0. The van der Waals surface area contributed by atoms with Crippen LogP contribution in [0.25, 0.3) is 0 Å². The molecule has 2 aromatic heterocycles. The average Bonchev–Trinajstić information content (AvgIpc) is 3.08. The molecule has 3 rings (SSSR count). The van der Waals surface area contributed by atoms with Crippen molar-refractivity contribution < 1.29 is 4.79 Å². The van der Waals surface area contributed by atoms with Crippen molar-refractivity contribution in [1.82, 2.24) is 9.78 Å². The van der Waals surface area contributed by atoms with Gasteiger partial charge in [0.25, 0.3) is 5.56 Å². The maximum atomic E-state index is 12.1. The minimum atomic E-state index is -0.636. The van der Waals surface area contributed by atoms with Crippen LogP contribution in [-0.4, -0.2) is 15.7 Å². The van der Waals surface area contributed by atoms with Gasteiger partial charge in [0.15, 0.2) is 0 Å². The molecular weight excluding hydrogens is 359 g/mol. The predicted molar refractivity (Wildman–Crippen MR) is 88.2 cm³/mol. The van der Waals surface area contributed by atoms with Crippen molar-refractivity contribution >= 4 is 45.4 Å². The number of amides is 1. The predicted octanol–water partition coefficient (Wildman–Crippen LogP) is 2.61. The summed E-state index contributed by atoms with van der Waals surface area (Å²) in [6.45, 7) is -0.302. The lowest BCUT2D eigenvalue weighted by Crippen LogP contribution is -2.29. The number of halogens is 2. The molecule has 0 radical (unpaired) electrons. The molecule has 0 saturated carbocycles. The molecule has 1 aliphatic carbocycles. The van der Waals surface area contributed by atoms with Gasteiger partial charge in [0.1, 0.15) is 22.6 Å². The van der Waals surface area contributed by atoms with E-state index in [-0.39, 0.29) is 16.6 Å². The zero-order valence-corrected chi connectivity index (χ0v) is 14.1. The van der Waals surface area contributed by atoms with Crippen LogP contribution in [0, 0.1) is 11.3 Å². The van der Waals surface area contributed by atoms with Crippen LogP contribution in [0.5, 0.6) is 0 Å². The Kier molecular flexibility index (Phi) is 4.39. The average molecular weight is 369 g/mol. The molecule has 0 spiro atoms. The van der Waals surface area contributed by atoms with Crippen LogP contribution < -0.4 is 10.9 Å². The summed E-state index contributed by atoms with van der Waals surface area (Å²) in [6.07, 6.45) is 4.03. The smallest absolute Gasteiger partial charge is 0.287 e. The summed E-state index contributed by atoms with van der Waals surface area (Å²) in [5.74, 6) is -0.450. The maximum Gasteiger partial charge on any atom is 0.287 e. The monoisotopic (exact) mass is 368 g/mol. The van der Waals surface area contributed by atoms with E-state index in [1.165, 1.54) is 17.5 Å². The Balaban J connectivity index is 1.80. The van der Waals surface area contributed by atoms with Gasteiger partial charge in [-0.15, -0.1) is 11.3 Å². The van der Waals surface area contributed by atoms with E-state index >= 15 is 0 Å². The Morgan fingerprint density at radius 1 is 1.48 bits per heavy atom. The van der Waals surface area contributed by atoms with Gasteiger partial charge in [-0.3, -0.25) is 9.59 Å². The molecule has 2 aromatic rings. The van der Waals surface area contributed by atoms with Crippen molar-refractivity contribution in [3.63, 3.8) is 0 Å². The minimum Gasteiger partial charge on any atom is -0.315 e. The third-order valence-corrected chi connectivity index (χ3v) is 5.48. The van der Waals surface area contributed by atoms with Gasteiger partial charge in [0.05, 0.1) is 16.8 Å². The summed E-state index contributed by atoms with van der Waals surface area (Å²) < 4.78 is 0.927. The summed E-state index contributed by atoms with van der Waals surface area (Å²) in [5, 5.41) is 16.1. The van der Waals surface area contributed by atoms with Gasteiger partial charge in [0.2, 0.25) is 5.91 Å². The number of nitriles is 1. The molecule has 0 aliphatic heterocycles. The second-order valence-corrected chi connectivity index (χ2v) is 6.88. The molecule has 2 heterocycles. The highest BCUT2D eigenvalue weighted by molar-refractivity contribution is 7.16. The summed E-state index contributed by atoms with van der Waals surface area (Å²) in [4.78, 5) is 25.1. The number of fused-ring (bicyclic) bond motifs is 1. The summed E-state index contributed by atoms with van der Waals surface area (Å²) in [6, 6.07) is 2.15. The SMILES string of the molecule is N#Cc1c(NC(=O)Cn2ncc(Cl)c(Cl)c2=O)sc2c1CCC2. The highest BCUT2D eigenvalue weighted by atomic mass is 35.5. The Bertz CT molecular complexity index is 897. The van der Waals surface area contributed by atoms with E-state index in [9.17, 15) is 14.9 Å². The molecule has 0 aromatic carbocycles. The molecule has 0 unspecified atom stereocenters. The molecule has 1 amide bonds. The van der Waals surface area contributed by atoms with E-state index in [4.69, 9.17) is 23.2 Å². The van der Waals surface area contributed by atoms with Crippen molar-refractivity contribution in [3.05, 3.63) is 42.6 Å². The van der Waals surface area contributed by atoms with Gasteiger partial charge in [0, 0.05) is 4.88 Å². The number of carbonyl (C=O) groups excluding carboxylic acids is 1. The fourth-order valence-corrected chi connectivity index (χ4v) is 4.00. The molecular formula is C14H10Cl2N4O2S. The lowest BCUT2D eigenvalue weighted by molar-refractivity contribution is -0.117. The van der Waals surface area contributed by atoms with Crippen molar-refractivity contribution in [1.29, 1.82) is 5.26 Å². The highest BCUT2D eigenvalue weighted by Crippen LogP contribution is 2.38. The molecule has 0 bridgehead atoms. The quantitative estimate of drug-likeness (QED) is 0.901. The third-order valence-electron chi connectivity index (χ3n) is 3.52. The largest absolute Gasteiger partial charge is 0.315 e. The molecule has 0 fully saturated rings. The van der Waals surface area contributed by atoms with Crippen molar-refractivity contribution in [2.24, 2.45) is 0 Å². The molecule has 23 heavy (non-hydrogen) atoms. The van der Waals surface area contributed by atoms with E-state index in [0.29, 0.717) is 10.6 Å². The fraction of sp³-hybridized carbons (Fsp3) is 0.286. The Labute approximate surface area is 145 Å². The van der Waals surface area contributed by atoms with E-state index < -0.39 is 11.5 Å². The summed E-state index contributed by atoms with van der Waals surface area (Å²) in [7, 11) is 0. The van der Waals surface area contributed by atoms with E-state index in [1.807, 2.05) is 0 Å². The van der Waals surface area contributed by atoms with E-state index in [0.717, 1.165) is 34.4 Å². The number of aromatic nitrogens is 2. The zero-order valence-electron chi connectivity index (χ0n) is 11.7. The number of hydrogen-bond donors (Lipinski definition) is 1. The normalized spacial score (nSPS) is 12.7. The Hall–Kier alpha value is -1.88. The van der Waals surface area contributed by atoms with Crippen LogP contribution in [-0.2, 0) is 24.2 Å². The number of hydrogen-bond acceptors (Lipinski definition) is 5. The third kappa shape index (κ3) is 2.98. The van der Waals surface area contributed by atoms with Crippen LogP contribution in [0.4, 0.5) is 5.00 Å². The van der Waals surface area contributed by atoms with Crippen LogP contribution in [0.2, 0.25) is 10.0 Å². The Morgan fingerprint density at radius 2 is 2.26 bits per heavy atom. The zero-order chi connectivity index (χ0) is 16.6. The first-order chi connectivity index (χ1) is 11.0. The first-order valence-corrected chi connectivity index (χ1v) is 8.34. The van der Waals surface area contributed by atoms with Gasteiger partial charge in [-0.25, -0.2) is 4.68 Å². The van der Waals surface area contributed by atoms with Crippen LogP contribution in [0.3, 0.4) is 0 Å². The number of aryl methyl sites for hydroxylation is 1. The maximum absolute atomic E-state index is 12.1. The van der Waals surface area contributed by atoms with Gasteiger partial charge in [-0.05, 0) is 24.8 Å². The van der Waals surface area contributed by atoms with Gasteiger partial charge in [-0.1, -0.05) is 23.2 Å². The molecule has 6 nitrogen and oxygen atoms in total. The molecule has 0 saturated heterocycles. The molecule has 0 atom stereocenters. The lowest BCUT2D eigenvalue weighted by Gasteiger charge is -2.06. The Morgan fingerprint density at radius 3 is 3.00 bits per heavy atom. The number of carbonyl (C=O) groups is 1. The van der Waals surface area contributed by atoms with Crippen molar-refractivity contribution in [2.75, 3.05) is 5.32 Å². The van der Waals surface area contributed by atoms with Gasteiger partial charge < -0.3 is 5.32 Å². The second kappa shape index (κ2) is 6.32. The minimum absolute atomic E-state index is 0.0368. The second-order valence-electron chi connectivity index (χ2n) is 4.99. The van der Waals surface area contributed by atoms with Crippen LogP contribution in [0.15, 0.2) is 11.0 Å². The summed E-state index contributed by atoms with van der Waals surface area (Å²) >= 11 is 12.9. The number of anilines is 1. The van der Waals surface area contributed by atoms with Gasteiger partial charge in [-0.2, -0.15) is 10.4 Å². The van der Waals surface area contributed by atoms with Crippen LogP contribution in [0.1, 0.15) is 22.4 Å². The molecule has 118 valence electrons. The number of nitrogens with one attached hydrogen (secondary N) is 1. The number of rotatable bonds is 3. The van der Waals surface area contributed by atoms with E-state index in [2.05, 4.69) is 16.5 Å². The number of thiophene rings is 1. The lowest BCUT2D eigenvalue weighted by atomic mass is 10.1. The van der Waals surface area contributed by atoms with Crippen molar-refractivity contribution in [3.8, 4) is 6.07 Å². The standard InChI is InChI=1S/C14H10Cl2N4O2S/c15-9-5-18-20(14(22)12(9)16)6-11(21)19-13-8(4-17)7-2-1-3-10(7)23-13/h5H,1-3,6H2,(H,19,21). The number of nitrogens with zero attached hydrogens (tertiary/aromatic N) is 3. The van der Waals surface area contributed by atoms with Crippen LogP contribution >= 0.6 is 34.5 Å². The van der Waals surface area contributed by atoms with E-state index in [1.54, 1.807) is 0 Å². The topological polar surface area (TPSA) is 87.8 Å². The fourth-order valence-electron chi connectivity index (χ4n) is 2.47. The molecule has 9 heteroatoms. The summed E-state index contributed by atoms with van der Waals surface area (Å²) in [5.41, 5.74) is 0.909. The molecule has 1 aliphatic rings. The van der Waals surface area contributed by atoms with Crippen molar-refractivity contribution in [2.45, 2.75) is 25.8 Å². The molecule has 1 N–H and O–H groups in total.